The SMILES string of the molecule is CC(C)(C)NC(=O)c1cccc(NC(=O)CC2(CC(=O)O)CCCCC2)c1. The van der Waals surface area contributed by atoms with Gasteiger partial charge in [-0.2, -0.15) is 0 Å². The summed E-state index contributed by atoms with van der Waals surface area (Å²) in [5.41, 5.74) is 0.208. The van der Waals surface area contributed by atoms with E-state index >= 15 is 0 Å². The number of benzene rings is 1. The molecule has 0 aromatic heterocycles. The molecule has 1 fully saturated rings. The van der Waals surface area contributed by atoms with E-state index in [1.54, 1.807) is 24.3 Å². The molecule has 148 valence electrons. The Labute approximate surface area is 160 Å². The van der Waals surface area contributed by atoms with E-state index in [1.165, 1.54) is 0 Å². The smallest absolute Gasteiger partial charge is 0.303 e. The lowest BCUT2D eigenvalue weighted by molar-refractivity contribution is -0.140. The number of amides is 2. The van der Waals surface area contributed by atoms with E-state index in [4.69, 9.17) is 0 Å². The molecule has 1 aromatic rings. The van der Waals surface area contributed by atoms with Gasteiger partial charge >= 0.3 is 5.97 Å². The van der Waals surface area contributed by atoms with Gasteiger partial charge in [0.1, 0.15) is 0 Å². The fourth-order valence-corrected chi connectivity index (χ4v) is 3.74. The van der Waals surface area contributed by atoms with Crippen LogP contribution in [0.4, 0.5) is 5.69 Å². The first-order valence-corrected chi connectivity index (χ1v) is 9.53. The molecule has 0 unspecified atom stereocenters. The van der Waals surface area contributed by atoms with E-state index in [1.807, 2.05) is 20.8 Å². The molecule has 0 heterocycles. The van der Waals surface area contributed by atoms with Crippen molar-refractivity contribution >= 4 is 23.5 Å². The number of nitrogens with one attached hydrogen (secondary N) is 2. The van der Waals surface area contributed by atoms with Crippen molar-refractivity contribution in [2.45, 2.75) is 71.3 Å². The lowest BCUT2D eigenvalue weighted by atomic mass is 9.69. The zero-order valence-electron chi connectivity index (χ0n) is 16.4. The maximum atomic E-state index is 12.6. The zero-order chi connectivity index (χ0) is 20.1. The standard InChI is InChI=1S/C21H30N2O4/c1-20(2,3)23-19(27)15-8-7-9-16(12-15)22-17(24)13-21(14-18(25)26)10-5-4-6-11-21/h7-9,12H,4-6,10-11,13-14H2,1-3H3,(H,22,24)(H,23,27)(H,25,26). The van der Waals surface area contributed by atoms with Crippen LogP contribution in [0.3, 0.4) is 0 Å². The molecular weight excluding hydrogens is 344 g/mol. The van der Waals surface area contributed by atoms with Crippen molar-refractivity contribution in [1.82, 2.24) is 5.32 Å². The van der Waals surface area contributed by atoms with Crippen molar-refractivity contribution in [3.63, 3.8) is 0 Å². The second-order valence-electron chi connectivity index (χ2n) is 8.64. The Hall–Kier alpha value is -2.37. The zero-order valence-corrected chi connectivity index (χ0v) is 16.4. The molecule has 1 aliphatic carbocycles. The summed E-state index contributed by atoms with van der Waals surface area (Å²) in [5.74, 6) is -1.26. The minimum atomic E-state index is -0.856. The third-order valence-electron chi connectivity index (χ3n) is 4.87. The number of carbonyl (C=O) groups is 3. The maximum Gasteiger partial charge on any atom is 0.303 e. The molecular formula is C21H30N2O4. The van der Waals surface area contributed by atoms with Gasteiger partial charge in [-0.25, -0.2) is 0 Å². The molecule has 1 aliphatic rings. The second kappa shape index (κ2) is 8.55. The summed E-state index contributed by atoms with van der Waals surface area (Å²) in [6, 6.07) is 6.80. The first-order valence-electron chi connectivity index (χ1n) is 9.53. The van der Waals surface area contributed by atoms with E-state index in [2.05, 4.69) is 10.6 Å². The Balaban J connectivity index is 2.05. The Kier molecular flexibility index (Phi) is 6.63. The van der Waals surface area contributed by atoms with Crippen molar-refractivity contribution in [2.24, 2.45) is 5.41 Å². The lowest BCUT2D eigenvalue weighted by Crippen LogP contribution is -2.40. The van der Waals surface area contributed by atoms with Crippen molar-refractivity contribution < 1.29 is 19.5 Å². The minimum absolute atomic E-state index is 0.0223. The van der Waals surface area contributed by atoms with E-state index in [0.717, 1.165) is 32.1 Å². The topological polar surface area (TPSA) is 95.5 Å². The monoisotopic (exact) mass is 374 g/mol. The van der Waals surface area contributed by atoms with Gasteiger partial charge in [-0.1, -0.05) is 25.3 Å². The minimum Gasteiger partial charge on any atom is -0.481 e. The normalized spacial score (nSPS) is 16.4. The Bertz CT molecular complexity index is 700. The first kappa shape index (κ1) is 20.9. The number of carbonyl (C=O) groups excluding carboxylic acids is 2. The summed E-state index contributed by atoms with van der Waals surface area (Å²) >= 11 is 0. The molecule has 1 saturated carbocycles. The van der Waals surface area contributed by atoms with E-state index in [-0.39, 0.29) is 30.2 Å². The maximum absolute atomic E-state index is 12.6. The highest BCUT2D eigenvalue weighted by atomic mass is 16.4. The van der Waals surface area contributed by atoms with Crippen molar-refractivity contribution in [2.75, 3.05) is 5.32 Å². The van der Waals surface area contributed by atoms with Crippen LogP contribution in [0.25, 0.3) is 0 Å². The van der Waals surface area contributed by atoms with Gasteiger partial charge in [0.2, 0.25) is 5.91 Å². The summed E-state index contributed by atoms with van der Waals surface area (Å²) in [4.78, 5) is 36.1. The van der Waals surface area contributed by atoms with Crippen molar-refractivity contribution in [1.29, 1.82) is 0 Å². The van der Waals surface area contributed by atoms with Crippen LogP contribution in [-0.4, -0.2) is 28.4 Å². The van der Waals surface area contributed by atoms with Crippen LogP contribution in [0.2, 0.25) is 0 Å². The molecule has 0 spiro atoms. The van der Waals surface area contributed by atoms with Gasteiger partial charge in [-0.15, -0.1) is 0 Å². The van der Waals surface area contributed by atoms with Gasteiger partial charge in [0.25, 0.3) is 5.91 Å². The van der Waals surface area contributed by atoms with Crippen LogP contribution in [0, 0.1) is 5.41 Å². The van der Waals surface area contributed by atoms with Gasteiger partial charge in [0, 0.05) is 23.2 Å². The molecule has 0 radical (unpaired) electrons. The van der Waals surface area contributed by atoms with E-state index in [9.17, 15) is 19.5 Å². The molecule has 6 heteroatoms. The number of carboxylic acid groups (broad SMARTS) is 1. The molecule has 2 rings (SSSR count). The Morgan fingerprint density at radius 2 is 1.74 bits per heavy atom. The largest absolute Gasteiger partial charge is 0.481 e. The number of aliphatic carboxylic acids is 1. The summed E-state index contributed by atoms with van der Waals surface area (Å²) in [5, 5.41) is 15.0. The van der Waals surface area contributed by atoms with Crippen LogP contribution >= 0.6 is 0 Å². The molecule has 2 amide bonds. The highest BCUT2D eigenvalue weighted by molar-refractivity contribution is 5.97. The highest BCUT2D eigenvalue weighted by Gasteiger charge is 2.36. The third kappa shape index (κ3) is 6.70. The fourth-order valence-electron chi connectivity index (χ4n) is 3.74. The van der Waals surface area contributed by atoms with Crippen molar-refractivity contribution in [3.8, 4) is 0 Å². The Morgan fingerprint density at radius 3 is 2.33 bits per heavy atom. The lowest BCUT2D eigenvalue weighted by Gasteiger charge is -2.35. The average Bonchev–Trinajstić information content (AvgIpc) is 2.53. The van der Waals surface area contributed by atoms with Crippen LogP contribution in [-0.2, 0) is 9.59 Å². The molecule has 27 heavy (non-hydrogen) atoms. The van der Waals surface area contributed by atoms with Gasteiger partial charge in [-0.3, -0.25) is 14.4 Å². The molecule has 0 saturated heterocycles. The fraction of sp³-hybridized carbons (Fsp3) is 0.571. The predicted molar refractivity (Wildman–Crippen MR) is 105 cm³/mol. The summed E-state index contributed by atoms with van der Waals surface area (Å²) in [7, 11) is 0. The summed E-state index contributed by atoms with van der Waals surface area (Å²) < 4.78 is 0. The van der Waals surface area contributed by atoms with Crippen LogP contribution in [0.15, 0.2) is 24.3 Å². The Morgan fingerprint density at radius 1 is 1.07 bits per heavy atom. The molecule has 0 bridgehead atoms. The highest BCUT2D eigenvalue weighted by Crippen LogP contribution is 2.42. The molecule has 0 aliphatic heterocycles. The second-order valence-corrected chi connectivity index (χ2v) is 8.64. The first-order chi connectivity index (χ1) is 12.6. The molecule has 6 nitrogen and oxygen atoms in total. The average molecular weight is 374 g/mol. The van der Waals surface area contributed by atoms with Gasteiger partial charge in [0.15, 0.2) is 0 Å². The molecule has 3 N–H and O–H groups in total. The van der Waals surface area contributed by atoms with Crippen LogP contribution in [0.1, 0.15) is 76.1 Å². The van der Waals surface area contributed by atoms with Crippen LogP contribution in [0.5, 0.6) is 0 Å². The van der Waals surface area contributed by atoms with Crippen LogP contribution < -0.4 is 10.6 Å². The molecule has 1 aromatic carbocycles. The van der Waals surface area contributed by atoms with Gasteiger partial charge in [-0.05, 0) is 57.2 Å². The number of hydrogen-bond donors (Lipinski definition) is 3. The number of carboxylic acids is 1. The number of hydrogen-bond acceptors (Lipinski definition) is 3. The van der Waals surface area contributed by atoms with Gasteiger partial charge in [0.05, 0.1) is 6.42 Å². The van der Waals surface area contributed by atoms with Gasteiger partial charge < -0.3 is 15.7 Å². The van der Waals surface area contributed by atoms with E-state index < -0.39 is 11.4 Å². The molecule has 0 atom stereocenters. The summed E-state index contributed by atoms with van der Waals surface area (Å²) in [6.07, 6.45) is 4.76. The quantitative estimate of drug-likeness (QED) is 0.702. The van der Waals surface area contributed by atoms with E-state index in [0.29, 0.717) is 11.3 Å². The summed E-state index contributed by atoms with van der Waals surface area (Å²) in [6.45, 7) is 5.72. The number of anilines is 1. The predicted octanol–water partition coefficient (Wildman–Crippen LogP) is 3.97. The third-order valence-corrected chi connectivity index (χ3v) is 4.87. The van der Waals surface area contributed by atoms with Crippen molar-refractivity contribution in [3.05, 3.63) is 29.8 Å². The number of rotatable bonds is 6.